The minimum absolute atomic E-state index is 0.343. The van der Waals surface area contributed by atoms with Crippen LogP contribution in [0.2, 0.25) is 0 Å². The highest BCUT2D eigenvalue weighted by Gasteiger charge is 1.67. The lowest BCUT2D eigenvalue weighted by atomic mass is 10.7. The second-order valence-electron chi connectivity index (χ2n) is 0.753. The molecule has 0 aromatic heterocycles. The molecule has 0 fully saturated rings. The fourth-order valence-corrected chi connectivity index (χ4v) is 0. The topological polar surface area (TPSA) is 26.0 Å². The van der Waals surface area contributed by atoms with Gasteiger partial charge in [-0.3, -0.25) is 0 Å². The lowest BCUT2D eigenvalue weighted by Gasteiger charge is -1.69. The second kappa shape index (κ2) is 1.76. The molecule has 2 N–H and O–H groups in total. The van der Waals surface area contributed by atoms with Crippen molar-refractivity contribution in [2.45, 2.75) is 6.92 Å². The summed E-state index contributed by atoms with van der Waals surface area (Å²) in [6.07, 6.45) is 0.917. The maximum absolute atomic E-state index is 11.2. The van der Waals surface area contributed by atoms with E-state index in [1.54, 1.807) is 0 Å². The van der Waals surface area contributed by atoms with Crippen LogP contribution in [0.1, 0.15) is 6.92 Å². The van der Waals surface area contributed by atoms with Crippen molar-refractivity contribution in [3.05, 3.63) is 12.0 Å². The molecule has 0 saturated carbocycles. The summed E-state index contributed by atoms with van der Waals surface area (Å²) >= 11 is 0. The molecule has 0 spiro atoms. The maximum atomic E-state index is 11.2. The van der Waals surface area contributed by atoms with E-state index in [4.69, 9.17) is 0 Å². The molecule has 0 radical (unpaired) electrons. The summed E-state index contributed by atoms with van der Waals surface area (Å²) in [7, 11) is 0. The second-order valence-corrected chi connectivity index (χ2v) is 0.753. The molecule has 0 atom stereocenters. The van der Waals surface area contributed by atoms with Crippen LogP contribution in [0.4, 0.5) is 4.39 Å². The Hall–Kier alpha value is -0.530. The third-order valence-electron chi connectivity index (χ3n) is 0.230. The van der Waals surface area contributed by atoms with E-state index in [1.165, 1.54) is 6.92 Å². The molecule has 0 heterocycles. The molecule has 0 rings (SSSR count). The van der Waals surface area contributed by atoms with Crippen molar-refractivity contribution in [1.29, 1.82) is 0 Å². The van der Waals surface area contributed by atoms with Crippen LogP contribution in [0.25, 0.3) is 0 Å². The highest BCUT2D eigenvalue weighted by atomic mass is 19.1. The summed E-state index contributed by atoms with van der Waals surface area (Å²) in [6, 6.07) is 0. The van der Waals surface area contributed by atoms with Crippen LogP contribution in [0.3, 0.4) is 0 Å². The van der Waals surface area contributed by atoms with Gasteiger partial charge in [-0.05, 0) is 6.92 Å². The van der Waals surface area contributed by atoms with Gasteiger partial charge in [0.15, 0.2) is 0 Å². The Morgan fingerprint density at radius 3 is 2.20 bits per heavy atom. The number of halogens is 1. The van der Waals surface area contributed by atoms with Gasteiger partial charge in [0, 0.05) is 6.20 Å². The molecule has 30 valence electrons. The van der Waals surface area contributed by atoms with Crippen molar-refractivity contribution in [2.75, 3.05) is 0 Å². The minimum Gasteiger partial charge on any atom is -0.403 e. The molecule has 5 heavy (non-hydrogen) atoms. The van der Waals surface area contributed by atoms with Gasteiger partial charge in [-0.25, -0.2) is 4.39 Å². The molecule has 0 aromatic rings. The molecule has 0 amide bonds. The standard InChI is InChI=1S/C3H6FN/c1-3(4)2-5/h2H,5H2,1H3/b3-2-. The maximum Gasteiger partial charge on any atom is 0.112 e. The average Bonchev–Trinajstić information content (AvgIpc) is 1.38. The van der Waals surface area contributed by atoms with Gasteiger partial charge < -0.3 is 5.73 Å². The van der Waals surface area contributed by atoms with Crippen LogP contribution in [-0.4, -0.2) is 0 Å². The first-order chi connectivity index (χ1) is 2.27. The molecular formula is C3H6FN. The first-order valence-corrected chi connectivity index (χ1v) is 1.31. The summed E-state index contributed by atoms with van der Waals surface area (Å²) in [4.78, 5) is 0. The smallest absolute Gasteiger partial charge is 0.112 e. The van der Waals surface area contributed by atoms with E-state index in [-0.39, 0.29) is 5.83 Å². The van der Waals surface area contributed by atoms with Crippen molar-refractivity contribution in [3.8, 4) is 0 Å². The molecule has 0 saturated heterocycles. The summed E-state index contributed by atoms with van der Waals surface area (Å²) in [5, 5.41) is 0. The van der Waals surface area contributed by atoms with Crippen molar-refractivity contribution in [1.82, 2.24) is 0 Å². The molecule has 1 nitrogen and oxygen atoms in total. The Kier molecular flexibility index (Phi) is 1.57. The van der Waals surface area contributed by atoms with E-state index in [0.29, 0.717) is 0 Å². The highest BCUT2D eigenvalue weighted by Crippen LogP contribution is 1.83. The number of allylic oxidation sites excluding steroid dienone is 1. The highest BCUT2D eigenvalue weighted by molar-refractivity contribution is 4.79. The van der Waals surface area contributed by atoms with Gasteiger partial charge in [0.25, 0.3) is 0 Å². The van der Waals surface area contributed by atoms with Gasteiger partial charge in [0.1, 0.15) is 5.83 Å². The molecule has 0 unspecified atom stereocenters. The first-order valence-electron chi connectivity index (χ1n) is 1.31. The Morgan fingerprint density at radius 1 is 2.00 bits per heavy atom. The van der Waals surface area contributed by atoms with Gasteiger partial charge in [-0.1, -0.05) is 0 Å². The van der Waals surface area contributed by atoms with E-state index < -0.39 is 0 Å². The average molecular weight is 75.1 g/mol. The number of rotatable bonds is 0. The van der Waals surface area contributed by atoms with Crippen LogP contribution in [-0.2, 0) is 0 Å². The summed E-state index contributed by atoms with van der Waals surface area (Å²) < 4.78 is 11.2. The normalized spacial score (nSPS) is 12.0. The van der Waals surface area contributed by atoms with Crippen LogP contribution in [0.15, 0.2) is 12.0 Å². The van der Waals surface area contributed by atoms with E-state index in [0.717, 1.165) is 6.20 Å². The van der Waals surface area contributed by atoms with Crippen LogP contribution in [0.5, 0.6) is 0 Å². The Balaban J connectivity index is 3.14. The van der Waals surface area contributed by atoms with Crippen LogP contribution in [0, 0.1) is 0 Å². The lowest BCUT2D eigenvalue weighted by Crippen LogP contribution is -1.75. The predicted octanol–water partition coefficient (Wildman–Crippen LogP) is 0.776. The largest absolute Gasteiger partial charge is 0.403 e. The molecule has 0 aliphatic carbocycles. The first kappa shape index (κ1) is 4.47. The fraction of sp³-hybridized carbons (Fsp3) is 0.333. The van der Waals surface area contributed by atoms with E-state index in [2.05, 4.69) is 5.73 Å². The molecule has 2 heteroatoms. The summed E-state index contributed by atoms with van der Waals surface area (Å²) in [5.74, 6) is -0.343. The van der Waals surface area contributed by atoms with Crippen molar-refractivity contribution in [2.24, 2.45) is 5.73 Å². The van der Waals surface area contributed by atoms with Crippen molar-refractivity contribution in [3.63, 3.8) is 0 Å². The third-order valence-corrected chi connectivity index (χ3v) is 0.230. The monoisotopic (exact) mass is 75.0 g/mol. The van der Waals surface area contributed by atoms with E-state index in [9.17, 15) is 4.39 Å². The lowest BCUT2D eigenvalue weighted by molar-refractivity contribution is 0.637. The van der Waals surface area contributed by atoms with Crippen LogP contribution < -0.4 is 5.73 Å². The molecular weight excluding hydrogens is 69.0 g/mol. The number of hydrogen-bond donors (Lipinski definition) is 1. The fourth-order valence-electron chi connectivity index (χ4n) is 0. The van der Waals surface area contributed by atoms with Gasteiger partial charge in [0.2, 0.25) is 0 Å². The minimum atomic E-state index is -0.343. The third kappa shape index (κ3) is 3.47. The zero-order valence-corrected chi connectivity index (χ0v) is 3.03. The molecule has 0 aliphatic rings. The van der Waals surface area contributed by atoms with Crippen molar-refractivity contribution >= 4 is 0 Å². The zero-order valence-electron chi connectivity index (χ0n) is 3.03. The molecule has 0 aliphatic heterocycles. The quantitative estimate of drug-likeness (QED) is 0.452. The SMILES string of the molecule is C/C(F)=C/N. The van der Waals surface area contributed by atoms with E-state index in [1.807, 2.05) is 0 Å². The van der Waals surface area contributed by atoms with Gasteiger partial charge >= 0.3 is 0 Å². The Labute approximate surface area is 30.3 Å². The zero-order chi connectivity index (χ0) is 4.28. The van der Waals surface area contributed by atoms with Crippen LogP contribution >= 0.6 is 0 Å². The molecule has 0 bridgehead atoms. The van der Waals surface area contributed by atoms with Crippen molar-refractivity contribution < 1.29 is 4.39 Å². The Bertz CT molecular complexity index is 44.9. The number of nitrogens with two attached hydrogens (primary N) is 1. The van der Waals surface area contributed by atoms with Gasteiger partial charge in [-0.2, -0.15) is 0 Å². The summed E-state index contributed by atoms with van der Waals surface area (Å²) in [5.41, 5.74) is 4.63. The predicted molar refractivity (Wildman–Crippen MR) is 19.1 cm³/mol. The van der Waals surface area contributed by atoms with Gasteiger partial charge in [0.05, 0.1) is 0 Å². The summed E-state index contributed by atoms with van der Waals surface area (Å²) in [6.45, 7) is 1.29. The van der Waals surface area contributed by atoms with E-state index >= 15 is 0 Å². The number of hydrogen-bond acceptors (Lipinski definition) is 1. The van der Waals surface area contributed by atoms with Gasteiger partial charge in [-0.15, -0.1) is 0 Å². The molecule has 0 aromatic carbocycles. The Morgan fingerprint density at radius 2 is 2.20 bits per heavy atom.